The van der Waals surface area contributed by atoms with E-state index in [1.54, 1.807) is 25.6 Å². The molecule has 0 aliphatic carbocycles. The predicted molar refractivity (Wildman–Crippen MR) is 81.2 cm³/mol. The number of aromatic nitrogens is 2. The maximum absolute atomic E-state index is 12.9. The van der Waals surface area contributed by atoms with Crippen molar-refractivity contribution in [3.05, 3.63) is 11.4 Å². The molecule has 1 aromatic rings. The van der Waals surface area contributed by atoms with Crippen LogP contribution in [0.1, 0.15) is 24.2 Å². The highest BCUT2D eigenvalue weighted by Gasteiger charge is 2.33. The van der Waals surface area contributed by atoms with E-state index in [1.165, 1.54) is 4.31 Å². The molecule has 0 unspecified atom stereocenters. The van der Waals surface area contributed by atoms with Crippen molar-refractivity contribution in [1.29, 1.82) is 0 Å². The van der Waals surface area contributed by atoms with Gasteiger partial charge in [-0.1, -0.05) is 0 Å². The van der Waals surface area contributed by atoms with Gasteiger partial charge in [-0.25, -0.2) is 8.42 Å². The average molecular weight is 336 g/mol. The van der Waals surface area contributed by atoms with Gasteiger partial charge in [0.15, 0.2) is 0 Å². The van der Waals surface area contributed by atoms with Crippen molar-refractivity contribution in [2.75, 3.05) is 26.1 Å². The zero-order valence-electron chi connectivity index (χ0n) is 12.7. The molecule has 0 spiro atoms. The van der Waals surface area contributed by atoms with Crippen LogP contribution in [0.25, 0.3) is 0 Å². The van der Waals surface area contributed by atoms with E-state index in [-0.39, 0.29) is 6.04 Å². The molecule has 1 aromatic heterocycles. The number of alkyl halides is 1. The summed E-state index contributed by atoms with van der Waals surface area (Å²) in [5, 5.41) is 4.30. The Bertz CT molecular complexity index is 594. The third-order valence-corrected chi connectivity index (χ3v) is 6.29. The van der Waals surface area contributed by atoms with Gasteiger partial charge < -0.3 is 4.74 Å². The summed E-state index contributed by atoms with van der Waals surface area (Å²) in [6.45, 7) is 5.21. The number of aryl methyl sites for hydroxylation is 2. The topological polar surface area (TPSA) is 64.4 Å². The van der Waals surface area contributed by atoms with Crippen LogP contribution in [0.15, 0.2) is 4.90 Å². The summed E-state index contributed by atoms with van der Waals surface area (Å²) >= 11 is 5.73. The van der Waals surface area contributed by atoms with Gasteiger partial charge in [0.25, 0.3) is 0 Å². The van der Waals surface area contributed by atoms with E-state index in [0.29, 0.717) is 41.9 Å². The lowest BCUT2D eigenvalue weighted by molar-refractivity contribution is 0.0632. The highest BCUT2D eigenvalue weighted by Crippen LogP contribution is 2.26. The predicted octanol–water partition coefficient (Wildman–Crippen LogP) is 1.54. The van der Waals surface area contributed by atoms with Gasteiger partial charge in [-0.2, -0.15) is 9.40 Å². The van der Waals surface area contributed by atoms with Crippen molar-refractivity contribution in [1.82, 2.24) is 14.1 Å². The molecule has 0 bridgehead atoms. The van der Waals surface area contributed by atoms with Crippen molar-refractivity contribution < 1.29 is 13.2 Å². The van der Waals surface area contributed by atoms with Crippen LogP contribution < -0.4 is 0 Å². The number of rotatable bonds is 5. The highest BCUT2D eigenvalue weighted by atomic mass is 35.5. The van der Waals surface area contributed by atoms with Crippen LogP contribution in [0.5, 0.6) is 0 Å². The summed E-state index contributed by atoms with van der Waals surface area (Å²) in [4.78, 5) is 0.307. The molecular weight excluding hydrogens is 314 g/mol. The Kier molecular flexibility index (Phi) is 5.29. The molecule has 0 aromatic carbocycles. The molecule has 21 heavy (non-hydrogen) atoms. The second-order valence-electron chi connectivity index (χ2n) is 5.28. The van der Waals surface area contributed by atoms with E-state index in [1.807, 2.05) is 0 Å². The normalized spacial score (nSPS) is 17.6. The number of hydrogen-bond donors (Lipinski definition) is 0. The fraction of sp³-hybridized carbons (Fsp3) is 0.769. The molecule has 0 N–H and O–H groups in total. The molecule has 1 aliphatic rings. The second-order valence-corrected chi connectivity index (χ2v) is 7.59. The van der Waals surface area contributed by atoms with E-state index >= 15 is 0 Å². The molecule has 0 radical (unpaired) electrons. The summed E-state index contributed by atoms with van der Waals surface area (Å²) in [6, 6.07) is -0.0149. The Labute approximate surface area is 131 Å². The third kappa shape index (κ3) is 3.26. The van der Waals surface area contributed by atoms with Crippen molar-refractivity contribution in [3.63, 3.8) is 0 Å². The lowest BCUT2D eigenvalue weighted by Crippen LogP contribution is -2.40. The Morgan fingerprint density at radius 3 is 2.57 bits per heavy atom. The van der Waals surface area contributed by atoms with E-state index in [0.717, 1.165) is 12.8 Å². The van der Waals surface area contributed by atoms with Crippen LogP contribution >= 0.6 is 11.6 Å². The van der Waals surface area contributed by atoms with Crippen LogP contribution in [-0.4, -0.2) is 54.7 Å². The average Bonchev–Trinajstić information content (AvgIpc) is 2.74. The van der Waals surface area contributed by atoms with Gasteiger partial charge in [0, 0.05) is 32.2 Å². The molecule has 2 heterocycles. The first kappa shape index (κ1) is 16.7. The number of sulfonamides is 1. The van der Waals surface area contributed by atoms with Crippen LogP contribution in [0.2, 0.25) is 0 Å². The minimum Gasteiger partial charge on any atom is -0.381 e. The summed E-state index contributed by atoms with van der Waals surface area (Å²) in [7, 11) is -1.90. The minimum absolute atomic E-state index is 0.0149. The van der Waals surface area contributed by atoms with Crippen LogP contribution in [0.3, 0.4) is 0 Å². The monoisotopic (exact) mass is 335 g/mol. The van der Waals surface area contributed by atoms with Crippen LogP contribution in [0.4, 0.5) is 0 Å². The molecule has 120 valence electrons. The molecular formula is C13H22ClN3O3S. The molecule has 6 nitrogen and oxygen atoms in total. The van der Waals surface area contributed by atoms with Crippen LogP contribution in [-0.2, 0) is 21.3 Å². The number of hydrogen-bond acceptors (Lipinski definition) is 4. The maximum Gasteiger partial charge on any atom is 0.246 e. The second kappa shape index (κ2) is 6.64. The van der Waals surface area contributed by atoms with Gasteiger partial charge in [0.05, 0.1) is 17.9 Å². The standard InChI is InChI=1S/C13H22ClN3O3S/c1-10-13(11(2)17(15-10)7-6-14)21(18,19)16(3)12-4-8-20-9-5-12/h12H,4-9H2,1-3H3. The lowest BCUT2D eigenvalue weighted by atomic mass is 10.1. The Morgan fingerprint density at radius 1 is 1.38 bits per heavy atom. The van der Waals surface area contributed by atoms with Gasteiger partial charge >= 0.3 is 0 Å². The van der Waals surface area contributed by atoms with Gasteiger partial charge in [-0.3, -0.25) is 4.68 Å². The third-order valence-electron chi connectivity index (χ3n) is 3.95. The number of nitrogens with zero attached hydrogens (tertiary/aromatic N) is 3. The fourth-order valence-corrected chi connectivity index (χ4v) is 4.68. The Morgan fingerprint density at radius 2 is 2.00 bits per heavy atom. The molecule has 0 amide bonds. The summed E-state index contributed by atoms with van der Waals surface area (Å²) < 4.78 is 34.2. The quantitative estimate of drug-likeness (QED) is 0.766. The summed E-state index contributed by atoms with van der Waals surface area (Å²) in [5.74, 6) is 0.400. The van der Waals surface area contributed by atoms with E-state index < -0.39 is 10.0 Å². The van der Waals surface area contributed by atoms with Gasteiger partial charge in [-0.05, 0) is 26.7 Å². The van der Waals surface area contributed by atoms with Crippen molar-refractivity contribution in [2.24, 2.45) is 0 Å². The molecule has 1 saturated heterocycles. The minimum atomic E-state index is -3.55. The lowest BCUT2D eigenvalue weighted by Gasteiger charge is -2.30. The number of halogens is 1. The maximum atomic E-state index is 12.9. The van der Waals surface area contributed by atoms with E-state index in [9.17, 15) is 8.42 Å². The van der Waals surface area contributed by atoms with Crippen molar-refractivity contribution >= 4 is 21.6 Å². The van der Waals surface area contributed by atoms with Crippen molar-refractivity contribution in [2.45, 2.75) is 44.2 Å². The van der Waals surface area contributed by atoms with Gasteiger partial charge in [0.1, 0.15) is 4.90 Å². The smallest absolute Gasteiger partial charge is 0.246 e. The highest BCUT2D eigenvalue weighted by molar-refractivity contribution is 7.89. The molecule has 8 heteroatoms. The van der Waals surface area contributed by atoms with E-state index in [4.69, 9.17) is 16.3 Å². The fourth-order valence-electron chi connectivity index (χ4n) is 2.74. The first-order chi connectivity index (χ1) is 9.89. The molecule has 1 aliphatic heterocycles. The van der Waals surface area contributed by atoms with Gasteiger partial charge in [-0.15, -0.1) is 11.6 Å². The summed E-state index contributed by atoms with van der Waals surface area (Å²) in [5.41, 5.74) is 1.17. The number of ether oxygens (including phenoxy) is 1. The van der Waals surface area contributed by atoms with Gasteiger partial charge in [0.2, 0.25) is 10.0 Å². The zero-order valence-corrected chi connectivity index (χ0v) is 14.2. The Hall–Kier alpha value is -0.630. The molecule has 1 fully saturated rings. The first-order valence-corrected chi connectivity index (χ1v) is 9.02. The largest absolute Gasteiger partial charge is 0.381 e. The summed E-state index contributed by atoms with van der Waals surface area (Å²) in [6.07, 6.45) is 1.45. The van der Waals surface area contributed by atoms with Crippen molar-refractivity contribution in [3.8, 4) is 0 Å². The zero-order chi connectivity index (χ0) is 15.6. The van der Waals surface area contributed by atoms with Crippen LogP contribution in [0, 0.1) is 13.8 Å². The first-order valence-electron chi connectivity index (χ1n) is 7.05. The SMILES string of the molecule is Cc1nn(CCCl)c(C)c1S(=O)(=O)N(C)C1CCOCC1. The molecule has 0 saturated carbocycles. The molecule has 2 rings (SSSR count). The molecule has 0 atom stereocenters. The van der Waals surface area contributed by atoms with E-state index in [2.05, 4.69) is 5.10 Å². The Balaban J connectivity index is 2.34.